The highest BCUT2D eigenvalue weighted by Crippen LogP contribution is 2.24. The number of halogens is 1. The van der Waals surface area contributed by atoms with Crippen molar-refractivity contribution in [2.24, 2.45) is 11.7 Å². The average molecular weight is 309 g/mol. The first kappa shape index (κ1) is 15.8. The monoisotopic (exact) mass is 308 g/mol. The fourth-order valence-electron chi connectivity index (χ4n) is 1.95. The van der Waals surface area contributed by atoms with Gasteiger partial charge in [-0.25, -0.2) is 4.68 Å². The molecule has 0 saturated heterocycles. The van der Waals surface area contributed by atoms with E-state index in [0.717, 1.165) is 24.4 Å². The van der Waals surface area contributed by atoms with Crippen LogP contribution in [0.1, 0.15) is 31.7 Å². The van der Waals surface area contributed by atoms with E-state index in [9.17, 15) is 0 Å². The van der Waals surface area contributed by atoms with Gasteiger partial charge in [-0.2, -0.15) is 0 Å². The van der Waals surface area contributed by atoms with Crippen molar-refractivity contribution < 1.29 is 4.74 Å². The van der Waals surface area contributed by atoms with Crippen LogP contribution in [0.2, 0.25) is 5.02 Å². The van der Waals surface area contributed by atoms with Crippen molar-refractivity contribution >= 4 is 11.6 Å². The van der Waals surface area contributed by atoms with E-state index in [0.29, 0.717) is 29.8 Å². The number of aromatic nitrogens is 3. The molecule has 0 unspecified atom stereocenters. The Bertz CT molecular complexity index is 583. The number of para-hydroxylation sites is 1. The Labute approximate surface area is 130 Å². The Morgan fingerprint density at radius 3 is 2.76 bits per heavy atom. The van der Waals surface area contributed by atoms with E-state index < -0.39 is 0 Å². The van der Waals surface area contributed by atoms with Crippen LogP contribution in [0.4, 0.5) is 0 Å². The number of nitrogens with two attached hydrogens (primary N) is 1. The highest BCUT2D eigenvalue weighted by atomic mass is 35.5. The van der Waals surface area contributed by atoms with E-state index >= 15 is 0 Å². The number of benzene rings is 1. The maximum Gasteiger partial charge on any atom is 0.138 e. The summed E-state index contributed by atoms with van der Waals surface area (Å²) in [6.45, 7) is 5.89. The van der Waals surface area contributed by atoms with Gasteiger partial charge >= 0.3 is 0 Å². The lowest BCUT2D eigenvalue weighted by Crippen LogP contribution is -2.12. The van der Waals surface area contributed by atoms with Crippen molar-refractivity contribution in [2.45, 2.75) is 40.0 Å². The van der Waals surface area contributed by atoms with Crippen LogP contribution in [0.25, 0.3) is 0 Å². The molecule has 0 bridgehead atoms. The van der Waals surface area contributed by atoms with E-state index in [1.54, 1.807) is 6.07 Å². The van der Waals surface area contributed by atoms with Gasteiger partial charge < -0.3 is 10.5 Å². The van der Waals surface area contributed by atoms with Gasteiger partial charge in [0.25, 0.3) is 0 Å². The van der Waals surface area contributed by atoms with Gasteiger partial charge in [0.1, 0.15) is 23.7 Å². The molecule has 2 N–H and O–H groups in total. The van der Waals surface area contributed by atoms with E-state index in [2.05, 4.69) is 24.2 Å². The van der Waals surface area contributed by atoms with Crippen molar-refractivity contribution in [1.82, 2.24) is 15.0 Å². The van der Waals surface area contributed by atoms with E-state index in [-0.39, 0.29) is 0 Å². The lowest BCUT2D eigenvalue weighted by atomic mass is 10.1. The fourth-order valence-corrected chi connectivity index (χ4v) is 2.14. The Balaban J connectivity index is 2.10. The van der Waals surface area contributed by atoms with Crippen molar-refractivity contribution in [3.05, 3.63) is 40.7 Å². The van der Waals surface area contributed by atoms with Crippen LogP contribution in [-0.4, -0.2) is 15.0 Å². The minimum Gasteiger partial charge on any atom is -0.486 e. The SMILES string of the molecule is CC(C)CCn1nnc(CN)c1COc1ccccc1Cl. The first-order chi connectivity index (χ1) is 10.1. The van der Waals surface area contributed by atoms with Gasteiger partial charge in [-0.15, -0.1) is 5.10 Å². The molecule has 1 aromatic heterocycles. The molecular formula is C15H21ClN4O. The molecule has 0 aliphatic carbocycles. The molecule has 2 rings (SSSR count). The van der Waals surface area contributed by atoms with E-state index in [4.69, 9.17) is 22.1 Å². The van der Waals surface area contributed by atoms with E-state index in [1.807, 2.05) is 22.9 Å². The van der Waals surface area contributed by atoms with Gasteiger partial charge in [-0.3, -0.25) is 0 Å². The summed E-state index contributed by atoms with van der Waals surface area (Å²) in [5.74, 6) is 1.26. The van der Waals surface area contributed by atoms with Crippen LogP contribution in [0.15, 0.2) is 24.3 Å². The summed E-state index contributed by atoms with van der Waals surface area (Å²) in [5, 5.41) is 8.88. The molecule has 6 heteroatoms. The molecule has 0 aliphatic heterocycles. The molecular weight excluding hydrogens is 288 g/mol. The smallest absolute Gasteiger partial charge is 0.138 e. The Hall–Kier alpha value is -1.59. The lowest BCUT2D eigenvalue weighted by molar-refractivity contribution is 0.288. The van der Waals surface area contributed by atoms with Crippen LogP contribution in [0.5, 0.6) is 5.75 Å². The minimum atomic E-state index is 0.350. The first-order valence-electron chi connectivity index (χ1n) is 7.10. The molecule has 0 aliphatic rings. The maximum atomic E-state index is 6.09. The van der Waals surface area contributed by atoms with Crippen molar-refractivity contribution in [3.8, 4) is 5.75 Å². The topological polar surface area (TPSA) is 66.0 Å². The van der Waals surface area contributed by atoms with Crippen LogP contribution in [0.3, 0.4) is 0 Å². The first-order valence-corrected chi connectivity index (χ1v) is 7.48. The summed E-state index contributed by atoms with van der Waals surface area (Å²) in [4.78, 5) is 0. The summed E-state index contributed by atoms with van der Waals surface area (Å²) < 4.78 is 7.66. The number of ether oxygens (including phenoxy) is 1. The second kappa shape index (κ2) is 7.43. The average Bonchev–Trinajstić information content (AvgIpc) is 2.86. The quantitative estimate of drug-likeness (QED) is 0.854. The maximum absolute atomic E-state index is 6.09. The van der Waals surface area contributed by atoms with Gasteiger partial charge in [0.05, 0.1) is 5.02 Å². The largest absolute Gasteiger partial charge is 0.486 e. The zero-order valence-corrected chi connectivity index (χ0v) is 13.2. The van der Waals surface area contributed by atoms with Gasteiger partial charge in [-0.05, 0) is 24.5 Å². The third-order valence-corrected chi connectivity index (χ3v) is 3.54. The molecule has 0 spiro atoms. The molecule has 0 saturated carbocycles. The Kier molecular flexibility index (Phi) is 5.59. The summed E-state index contributed by atoms with van der Waals surface area (Å²) in [6.07, 6.45) is 1.03. The minimum absolute atomic E-state index is 0.350. The van der Waals surface area contributed by atoms with Crippen molar-refractivity contribution in [2.75, 3.05) is 0 Å². The fraction of sp³-hybridized carbons (Fsp3) is 0.467. The molecule has 114 valence electrons. The van der Waals surface area contributed by atoms with Crippen LogP contribution < -0.4 is 10.5 Å². The number of hydrogen-bond donors (Lipinski definition) is 1. The van der Waals surface area contributed by atoms with Crippen LogP contribution in [0, 0.1) is 5.92 Å². The van der Waals surface area contributed by atoms with Gasteiger partial charge in [0, 0.05) is 13.1 Å². The molecule has 0 amide bonds. The third kappa shape index (κ3) is 4.19. The predicted octanol–water partition coefficient (Wildman–Crippen LogP) is 3.02. The molecule has 1 heterocycles. The molecule has 0 radical (unpaired) electrons. The molecule has 1 aromatic carbocycles. The summed E-state index contributed by atoms with van der Waals surface area (Å²) in [5.41, 5.74) is 7.41. The van der Waals surface area contributed by atoms with Crippen molar-refractivity contribution in [3.63, 3.8) is 0 Å². The number of aryl methyl sites for hydroxylation is 1. The van der Waals surface area contributed by atoms with Gasteiger partial charge in [0.15, 0.2) is 0 Å². The molecule has 0 fully saturated rings. The highest BCUT2D eigenvalue weighted by Gasteiger charge is 2.13. The number of hydrogen-bond acceptors (Lipinski definition) is 4. The number of nitrogens with zero attached hydrogens (tertiary/aromatic N) is 3. The van der Waals surface area contributed by atoms with Gasteiger partial charge in [0.2, 0.25) is 0 Å². The van der Waals surface area contributed by atoms with Crippen LogP contribution >= 0.6 is 11.6 Å². The summed E-state index contributed by atoms with van der Waals surface area (Å²) in [7, 11) is 0. The second-order valence-electron chi connectivity index (χ2n) is 5.31. The zero-order chi connectivity index (χ0) is 15.2. The summed E-state index contributed by atoms with van der Waals surface area (Å²) in [6, 6.07) is 7.40. The second-order valence-corrected chi connectivity index (χ2v) is 5.72. The third-order valence-electron chi connectivity index (χ3n) is 3.23. The van der Waals surface area contributed by atoms with Crippen molar-refractivity contribution in [1.29, 1.82) is 0 Å². The molecule has 2 aromatic rings. The molecule has 21 heavy (non-hydrogen) atoms. The molecule has 5 nitrogen and oxygen atoms in total. The summed E-state index contributed by atoms with van der Waals surface area (Å²) >= 11 is 6.09. The highest BCUT2D eigenvalue weighted by molar-refractivity contribution is 6.32. The number of rotatable bonds is 7. The normalized spacial score (nSPS) is 11.1. The Morgan fingerprint density at radius 1 is 1.33 bits per heavy atom. The zero-order valence-electron chi connectivity index (χ0n) is 12.4. The lowest BCUT2D eigenvalue weighted by Gasteiger charge is -2.11. The van der Waals surface area contributed by atoms with E-state index in [1.165, 1.54) is 0 Å². The molecule has 0 atom stereocenters. The Morgan fingerprint density at radius 2 is 2.10 bits per heavy atom. The predicted molar refractivity (Wildman–Crippen MR) is 83.2 cm³/mol. The standard InChI is InChI=1S/C15H21ClN4O/c1-11(2)7-8-20-14(13(9-17)18-19-20)10-21-15-6-4-3-5-12(15)16/h3-6,11H,7-10,17H2,1-2H3. The van der Waals surface area contributed by atoms with Crippen LogP contribution in [-0.2, 0) is 19.7 Å². The van der Waals surface area contributed by atoms with Gasteiger partial charge in [-0.1, -0.05) is 42.8 Å².